The number of nitrogens with zero attached hydrogens (tertiary/aromatic N) is 6. The highest BCUT2D eigenvalue weighted by molar-refractivity contribution is 5.56. The molecular weight excluding hydrogens is 324 g/mol. The van der Waals surface area contributed by atoms with Crippen LogP contribution in [0.15, 0.2) is 27.5 Å². The van der Waals surface area contributed by atoms with Gasteiger partial charge in [0.1, 0.15) is 11.8 Å². The third-order valence-corrected chi connectivity index (χ3v) is 4.09. The zero-order valence-electron chi connectivity index (χ0n) is 14.4. The Balaban J connectivity index is 1.45. The van der Waals surface area contributed by atoms with E-state index >= 15 is 0 Å². The maximum atomic E-state index is 5.94. The molecule has 1 aliphatic heterocycles. The van der Waals surface area contributed by atoms with Crippen molar-refractivity contribution in [2.24, 2.45) is 7.05 Å². The topological polar surface area (TPSA) is 95.2 Å². The van der Waals surface area contributed by atoms with Crippen LogP contribution >= 0.6 is 0 Å². The monoisotopic (exact) mass is 344 g/mol. The molecule has 132 valence electrons. The number of aromatic nitrogens is 5. The Labute approximate surface area is 144 Å². The molecule has 1 fully saturated rings. The molecule has 0 aromatic carbocycles. The number of hydrogen-bond donors (Lipinski definition) is 0. The van der Waals surface area contributed by atoms with Crippen LogP contribution in [-0.2, 0) is 18.3 Å². The van der Waals surface area contributed by atoms with Gasteiger partial charge in [0.2, 0.25) is 0 Å². The highest BCUT2D eigenvalue weighted by Gasteiger charge is 2.30. The van der Waals surface area contributed by atoms with Crippen LogP contribution in [0.1, 0.15) is 30.5 Å². The molecule has 0 bridgehead atoms. The van der Waals surface area contributed by atoms with Gasteiger partial charge in [-0.1, -0.05) is 10.3 Å². The Morgan fingerprint density at radius 2 is 2.12 bits per heavy atom. The van der Waals surface area contributed by atoms with E-state index in [1.807, 2.05) is 26.2 Å². The first-order valence-corrected chi connectivity index (χ1v) is 8.19. The number of rotatable bonds is 4. The summed E-state index contributed by atoms with van der Waals surface area (Å²) in [5.74, 6) is 1.93. The van der Waals surface area contributed by atoms with Crippen LogP contribution < -0.4 is 0 Å². The zero-order valence-corrected chi connectivity index (χ0v) is 14.4. The summed E-state index contributed by atoms with van der Waals surface area (Å²) in [6.45, 7) is 5.93. The Morgan fingerprint density at radius 1 is 1.24 bits per heavy atom. The summed E-state index contributed by atoms with van der Waals surface area (Å²) in [5, 5.41) is 12.1. The minimum Gasteiger partial charge on any atom is -0.363 e. The van der Waals surface area contributed by atoms with Gasteiger partial charge in [-0.05, 0) is 13.8 Å². The lowest BCUT2D eigenvalue weighted by Crippen LogP contribution is -2.42. The molecule has 3 aromatic heterocycles. The zero-order chi connectivity index (χ0) is 17.4. The van der Waals surface area contributed by atoms with Crippen LogP contribution in [0.25, 0.3) is 11.3 Å². The summed E-state index contributed by atoms with van der Waals surface area (Å²) in [7, 11) is 1.87. The van der Waals surface area contributed by atoms with E-state index in [2.05, 4.69) is 25.3 Å². The van der Waals surface area contributed by atoms with Crippen LogP contribution in [0.5, 0.6) is 0 Å². The average molecular weight is 344 g/mol. The normalized spacial score (nSPS) is 21.7. The van der Waals surface area contributed by atoms with Crippen LogP contribution in [0, 0.1) is 6.92 Å². The molecule has 0 aliphatic carbocycles. The van der Waals surface area contributed by atoms with Gasteiger partial charge >= 0.3 is 0 Å². The van der Waals surface area contributed by atoms with E-state index in [4.69, 9.17) is 13.8 Å². The number of ether oxygens (including phenoxy) is 1. The minimum absolute atomic E-state index is 0.0617. The van der Waals surface area contributed by atoms with Gasteiger partial charge in [0.25, 0.3) is 5.89 Å². The summed E-state index contributed by atoms with van der Waals surface area (Å²) in [6.07, 6.45) is 3.51. The third-order valence-electron chi connectivity index (χ3n) is 4.09. The van der Waals surface area contributed by atoms with E-state index in [0.29, 0.717) is 24.8 Å². The molecule has 0 radical (unpaired) electrons. The number of hydrogen-bond acceptors (Lipinski definition) is 8. The van der Waals surface area contributed by atoms with Crippen molar-refractivity contribution >= 4 is 0 Å². The fraction of sp³-hybridized carbons (Fsp3) is 0.500. The molecule has 9 heteroatoms. The van der Waals surface area contributed by atoms with Gasteiger partial charge in [-0.2, -0.15) is 10.1 Å². The van der Waals surface area contributed by atoms with Crippen molar-refractivity contribution in [1.29, 1.82) is 0 Å². The van der Waals surface area contributed by atoms with E-state index in [1.54, 1.807) is 17.8 Å². The third kappa shape index (κ3) is 3.47. The second kappa shape index (κ2) is 6.41. The summed E-state index contributed by atoms with van der Waals surface area (Å²) in [4.78, 5) is 6.52. The van der Waals surface area contributed by atoms with Crippen LogP contribution in [0.3, 0.4) is 0 Å². The summed E-state index contributed by atoms with van der Waals surface area (Å²) in [5.41, 5.74) is 1.72. The fourth-order valence-corrected chi connectivity index (χ4v) is 3.05. The van der Waals surface area contributed by atoms with Gasteiger partial charge in [0.05, 0.1) is 18.8 Å². The Bertz CT molecular complexity index is 854. The first-order valence-electron chi connectivity index (χ1n) is 8.19. The Kier molecular flexibility index (Phi) is 4.10. The maximum Gasteiger partial charge on any atom is 0.257 e. The molecule has 25 heavy (non-hydrogen) atoms. The molecule has 1 aliphatic rings. The highest BCUT2D eigenvalue weighted by atomic mass is 16.5. The van der Waals surface area contributed by atoms with E-state index in [-0.39, 0.29) is 12.2 Å². The van der Waals surface area contributed by atoms with Crippen LogP contribution in [-0.4, -0.2) is 49.2 Å². The van der Waals surface area contributed by atoms with Crippen molar-refractivity contribution in [3.8, 4) is 11.3 Å². The average Bonchev–Trinajstić information content (AvgIpc) is 3.28. The smallest absolute Gasteiger partial charge is 0.257 e. The van der Waals surface area contributed by atoms with Gasteiger partial charge in [0, 0.05) is 38.0 Å². The van der Waals surface area contributed by atoms with Gasteiger partial charge in [-0.25, -0.2) is 0 Å². The maximum absolute atomic E-state index is 5.94. The predicted octanol–water partition coefficient (Wildman–Crippen LogP) is 1.73. The molecule has 0 amide bonds. The lowest BCUT2D eigenvalue weighted by atomic mass is 10.2. The van der Waals surface area contributed by atoms with Gasteiger partial charge < -0.3 is 13.8 Å². The molecule has 0 saturated carbocycles. The van der Waals surface area contributed by atoms with Crippen LogP contribution in [0.4, 0.5) is 0 Å². The SMILES string of the molecule is Cc1noc([C@H]2CN(Cc3cc(-c4cnn(C)c4)no3)C[C@@H](C)O2)n1. The molecule has 3 aromatic rings. The van der Waals surface area contributed by atoms with Gasteiger partial charge in [0.15, 0.2) is 11.6 Å². The first-order chi connectivity index (χ1) is 12.1. The second-order valence-electron chi connectivity index (χ2n) is 6.39. The predicted molar refractivity (Wildman–Crippen MR) is 86.3 cm³/mol. The van der Waals surface area contributed by atoms with Crippen molar-refractivity contribution < 1.29 is 13.8 Å². The van der Waals surface area contributed by atoms with Crippen molar-refractivity contribution in [1.82, 2.24) is 30.0 Å². The molecule has 1 saturated heterocycles. The number of aryl methyl sites for hydroxylation is 2. The molecule has 0 spiro atoms. The lowest BCUT2D eigenvalue weighted by Gasteiger charge is -2.34. The highest BCUT2D eigenvalue weighted by Crippen LogP contribution is 2.26. The van der Waals surface area contributed by atoms with E-state index in [1.165, 1.54) is 0 Å². The van der Waals surface area contributed by atoms with Crippen molar-refractivity contribution in [2.75, 3.05) is 13.1 Å². The quantitative estimate of drug-likeness (QED) is 0.706. The Morgan fingerprint density at radius 3 is 2.84 bits per heavy atom. The largest absolute Gasteiger partial charge is 0.363 e. The van der Waals surface area contributed by atoms with E-state index in [9.17, 15) is 0 Å². The second-order valence-corrected chi connectivity index (χ2v) is 6.39. The fourth-order valence-electron chi connectivity index (χ4n) is 3.05. The minimum atomic E-state index is -0.231. The first kappa shape index (κ1) is 16.0. The molecule has 4 rings (SSSR count). The van der Waals surface area contributed by atoms with E-state index in [0.717, 1.165) is 23.6 Å². The van der Waals surface area contributed by atoms with Crippen molar-refractivity contribution in [3.63, 3.8) is 0 Å². The van der Waals surface area contributed by atoms with Crippen LogP contribution in [0.2, 0.25) is 0 Å². The molecule has 0 unspecified atom stereocenters. The summed E-state index contributed by atoms with van der Waals surface area (Å²) < 4.78 is 18.4. The van der Waals surface area contributed by atoms with Gasteiger partial charge in [-0.15, -0.1) is 0 Å². The Hall–Kier alpha value is -2.52. The van der Waals surface area contributed by atoms with Crippen molar-refractivity contribution in [3.05, 3.63) is 35.9 Å². The van der Waals surface area contributed by atoms with E-state index < -0.39 is 0 Å². The molecule has 2 atom stereocenters. The molecule has 9 nitrogen and oxygen atoms in total. The molecule has 0 N–H and O–H groups in total. The number of morpholine rings is 1. The lowest BCUT2D eigenvalue weighted by molar-refractivity contribution is -0.0944. The molecule has 4 heterocycles. The van der Waals surface area contributed by atoms with Gasteiger partial charge in [-0.3, -0.25) is 9.58 Å². The standard InChI is InChI=1S/C16H20N6O3/c1-10-6-22(9-15(23-10)16-18-11(2)19-25-16)8-13-4-14(20-24-13)12-5-17-21(3)7-12/h4-5,7,10,15H,6,8-9H2,1-3H3/t10-,15-/m1/s1. The summed E-state index contributed by atoms with van der Waals surface area (Å²) in [6, 6.07) is 1.95. The summed E-state index contributed by atoms with van der Waals surface area (Å²) >= 11 is 0. The molecular formula is C16H20N6O3. The van der Waals surface area contributed by atoms with Crippen molar-refractivity contribution in [2.45, 2.75) is 32.6 Å².